The summed E-state index contributed by atoms with van der Waals surface area (Å²) in [5.41, 5.74) is 11.8. The largest absolute Gasteiger partial charge is 0.458 e. The van der Waals surface area contributed by atoms with Gasteiger partial charge in [-0.05, 0) is 150 Å². The fourth-order valence-corrected chi connectivity index (χ4v) is 12.5. The van der Waals surface area contributed by atoms with Crippen molar-refractivity contribution in [2.24, 2.45) is 0 Å². The zero-order chi connectivity index (χ0) is 64.4. The molecule has 0 spiro atoms. The molecule has 0 amide bonds. The second-order valence-electron chi connectivity index (χ2n) is 25.3. The van der Waals surface area contributed by atoms with Crippen molar-refractivity contribution in [3.63, 3.8) is 0 Å². The lowest BCUT2D eigenvalue weighted by molar-refractivity contribution is -0.570. The molecule has 0 radical (unpaired) electrons. The van der Waals surface area contributed by atoms with E-state index in [1.54, 1.807) is 0 Å². The first kappa shape index (κ1) is 43.0. The van der Waals surface area contributed by atoms with Crippen molar-refractivity contribution in [2.45, 2.75) is 78.6 Å². The SMILES string of the molecule is [2H]c1c([2H])c([2H])c2c(c1[2H])-c1cccc(-c3cc(C(C)(C)C)cc(C(C)(C)C)c3)c1-[n+]1[c-]n(-c3cccc(Oc4ccc5c6ccccc6n(-c6cc(C(C)(C)C)ccn6)c5c4)c3)c3cc(-n4c5ccccc5c5ccccc54)cc(c31)-c1c([2H])c([2H])c([2H])c([2H])c1-2. The number of hydrogen-bond acceptors (Lipinski definition) is 2. The zero-order valence-electron chi connectivity index (χ0n) is 56.5. The summed E-state index contributed by atoms with van der Waals surface area (Å²) >= 11 is 0. The lowest BCUT2D eigenvalue weighted by Gasteiger charge is -2.27. The van der Waals surface area contributed by atoms with Crippen molar-refractivity contribution in [1.29, 1.82) is 0 Å². The summed E-state index contributed by atoms with van der Waals surface area (Å²) in [7, 11) is 0. The van der Waals surface area contributed by atoms with E-state index in [0.717, 1.165) is 77.2 Å². The number of benzene rings is 10. The van der Waals surface area contributed by atoms with E-state index in [9.17, 15) is 11.0 Å². The van der Waals surface area contributed by atoms with Crippen molar-refractivity contribution in [3.8, 4) is 78.9 Å². The topological polar surface area (TPSA) is 40.8 Å². The second-order valence-corrected chi connectivity index (χ2v) is 25.3. The molecule has 10 aromatic carbocycles. The van der Waals surface area contributed by atoms with Crippen molar-refractivity contribution >= 4 is 54.6 Å². The van der Waals surface area contributed by atoms with Gasteiger partial charge in [0.1, 0.15) is 17.3 Å². The molecule has 0 unspecified atom stereocenters. The van der Waals surface area contributed by atoms with E-state index in [2.05, 4.69) is 169 Å². The van der Waals surface area contributed by atoms with Crippen LogP contribution in [0.15, 0.2) is 230 Å². The van der Waals surface area contributed by atoms with E-state index in [4.69, 9.17) is 9.72 Å². The molecule has 1 aliphatic rings. The molecule has 84 heavy (non-hydrogen) atoms. The molecule has 5 heterocycles. The van der Waals surface area contributed by atoms with Crippen LogP contribution in [-0.2, 0) is 16.2 Å². The van der Waals surface area contributed by atoms with Crippen LogP contribution in [0.5, 0.6) is 11.5 Å². The average Bonchev–Trinajstić information content (AvgIpc) is 1.47. The number of nitrogens with zero attached hydrogens (tertiary/aromatic N) is 5. The Labute approximate surface area is 502 Å². The molecule has 6 nitrogen and oxygen atoms in total. The van der Waals surface area contributed by atoms with Crippen LogP contribution < -0.4 is 9.30 Å². The Bertz CT molecular complexity index is 5410. The molecule has 1 aliphatic heterocycles. The molecule has 0 fully saturated rings. The van der Waals surface area contributed by atoms with E-state index < -0.39 is 36.3 Å². The molecule has 0 aliphatic carbocycles. The van der Waals surface area contributed by atoms with Crippen LogP contribution in [0.4, 0.5) is 0 Å². The quantitative estimate of drug-likeness (QED) is 0.123. The van der Waals surface area contributed by atoms with Crippen LogP contribution in [-0.4, -0.2) is 18.7 Å². The monoisotopic (exact) mass is 1100 g/mol. The maximum Gasteiger partial charge on any atom is 0.269 e. The Morgan fingerprint density at radius 1 is 0.417 bits per heavy atom. The van der Waals surface area contributed by atoms with Gasteiger partial charge in [0.15, 0.2) is 0 Å². The first-order valence-corrected chi connectivity index (χ1v) is 28.7. The van der Waals surface area contributed by atoms with E-state index in [1.807, 2.05) is 100 Å². The van der Waals surface area contributed by atoms with Crippen LogP contribution >= 0.6 is 0 Å². The second kappa shape index (κ2) is 18.9. The van der Waals surface area contributed by atoms with E-state index >= 15 is 0 Å². The summed E-state index contributed by atoms with van der Waals surface area (Å²) in [5.74, 6) is 1.92. The van der Waals surface area contributed by atoms with Crippen LogP contribution in [0.2, 0.25) is 0 Å². The van der Waals surface area contributed by atoms with Gasteiger partial charge >= 0.3 is 0 Å². The van der Waals surface area contributed by atoms with Crippen molar-refractivity contribution in [3.05, 3.63) is 253 Å². The summed E-state index contributed by atoms with van der Waals surface area (Å²) in [5, 5.41) is 4.16. The number of rotatable bonds is 6. The predicted molar refractivity (Wildman–Crippen MR) is 348 cm³/mol. The minimum absolute atomic E-state index is 0.0395. The van der Waals surface area contributed by atoms with E-state index in [0.29, 0.717) is 50.7 Å². The number of para-hydroxylation sites is 4. The van der Waals surface area contributed by atoms with Gasteiger partial charge in [-0.2, -0.15) is 0 Å². The molecule has 0 bridgehead atoms. The van der Waals surface area contributed by atoms with Gasteiger partial charge in [-0.15, -0.1) is 0 Å². The smallest absolute Gasteiger partial charge is 0.269 e. The maximum absolute atomic E-state index is 10.2. The third-order valence-electron chi connectivity index (χ3n) is 16.8. The molecule has 14 aromatic rings. The molecule has 15 rings (SSSR count). The third kappa shape index (κ3) is 8.29. The summed E-state index contributed by atoms with van der Waals surface area (Å²) < 4.78 is 93.0. The highest BCUT2D eigenvalue weighted by Crippen LogP contribution is 2.48. The fourth-order valence-electron chi connectivity index (χ4n) is 12.5. The highest BCUT2D eigenvalue weighted by atomic mass is 16.5. The number of ether oxygens (including phenoxy) is 1. The standard InChI is InChI=1S/C78H65N5O/c1-76(2,3)50-38-39-79-73(43-50)83-70-35-19-16-30-64(70)65-37-36-56(47-71(65)83)84-55-23-20-22-53(44-55)80-48-81-74-57(49-40-51(77(4,5)6)42-52(41-49)78(7,8)9)31-21-32-66(74)60-26-12-10-24-58(60)59-25-11-13-27-61(59)67-45-54(46-72(80)75(67)81)82-68-33-17-14-28-62(68)63-29-15-18-34-69(63)82/h10-47H,1-9H3/i10D,11D,12D,13D,24D,25D,26D,27D. The highest BCUT2D eigenvalue weighted by Gasteiger charge is 2.30. The van der Waals surface area contributed by atoms with Crippen LogP contribution in [0.3, 0.4) is 0 Å². The van der Waals surface area contributed by atoms with Crippen LogP contribution in [0.25, 0.3) is 122 Å². The lowest BCUT2D eigenvalue weighted by Crippen LogP contribution is -2.32. The minimum atomic E-state index is -0.537. The van der Waals surface area contributed by atoms with Gasteiger partial charge in [0, 0.05) is 39.5 Å². The first-order valence-electron chi connectivity index (χ1n) is 32.7. The molecule has 0 saturated heterocycles. The van der Waals surface area contributed by atoms with Gasteiger partial charge in [-0.1, -0.05) is 208 Å². The Morgan fingerprint density at radius 2 is 0.952 bits per heavy atom. The minimum Gasteiger partial charge on any atom is -0.458 e. The Hall–Kier alpha value is -9.78. The number of pyridine rings is 1. The Balaban J connectivity index is 1.07. The van der Waals surface area contributed by atoms with Crippen LogP contribution in [0.1, 0.15) is 90.0 Å². The predicted octanol–water partition coefficient (Wildman–Crippen LogP) is 20.0. The van der Waals surface area contributed by atoms with Gasteiger partial charge in [-0.25, -0.2) is 4.98 Å². The van der Waals surface area contributed by atoms with Crippen molar-refractivity contribution in [2.75, 3.05) is 0 Å². The summed E-state index contributed by atoms with van der Waals surface area (Å²) in [6, 6.07) is 55.8. The summed E-state index contributed by atoms with van der Waals surface area (Å²) in [4.78, 5) is 4.93. The molecule has 0 saturated carbocycles. The Kier molecular flexibility index (Phi) is 9.66. The molecular weight excluding hydrogens is 1020 g/mol. The maximum atomic E-state index is 10.2. The van der Waals surface area contributed by atoms with Gasteiger partial charge in [0.25, 0.3) is 6.33 Å². The number of imidazole rings is 1. The normalized spacial score (nSPS) is 13.9. The molecule has 6 heteroatoms. The van der Waals surface area contributed by atoms with Gasteiger partial charge in [-0.3, -0.25) is 13.7 Å². The van der Waals surface area contributed by atoms with Crippen molar-refractivity contribution < 1.29 is 20.3 Å². The first-order chi connectivity index (χ1) is 43.9. The highest BCUT2D eigenvalue weighted by molar-refractivity contribution is 6.11. The zero-order valence-corrected chi connectivity index (χ0v) is 48.5. The van der Waals surface area contributed by atoms with Gasteiger partial charge in [0.2, 0.25) is 0 Å². The molecule has 0 atom stereocenters. The van der Waals surface area contributed by atoms with Gasteiger partial charge < -0.3 is 9.30 Å². The molecular formula is C78H65N5O. The number of hydrogen-bond donors (Lipinski definition) is 0. The molecule has 408 valence electrons. The number of aromatic nitrogens is 5. The summed E-state index contributed by atoms with van der Waals surface area (Å²) in [6.07, 6.45) is 5.75. The number of fused-ring (bicyclic) bond motifs is 13. The Morgan fingerprint density at radius 3 is 1.57 bits per heavy atom. The third-order valence-corrected chi connectivity index (χ3v) is 16.8. The van der Waals surface area contributed by atoms with E-state index in [-0.39, 0.29) is 50.6 Å². The van der Waals surface area contributed by atoms with E-state index in [1.165, 1.54) is 0 Å². The average molecular weight is 1100 g/mol. The lowest BCUT2D eigenvalue weighted by atomic mass is 9.78. The van der Waals surface area contributed by atoms with Gasteiger partial charge in [0.05, 0.1) is 55.4 Å². The summed E-state index contributed by atoms with van der Waals surface area (Å²) in [6.45, 7) is 19.8. The van der Waals surface area contributed by atoms with Crippen molar-refractivity contribution in [1.82, 2.24) is 18.7 Å². The van der Waals surface area contributed by atoms with Crippen LogP contribution in [0, 0.1) is 6.33 Å². The fraction of sp³-hybridized carbons (Fsp3) is 0.154. The molecule has 0 N–H and O–H groups in total. The molecule has 4 aromatic heterocycles.